The van der Waals surface area contributed by atoms with Crippen LogP contribution in [0.3, 0.4) is 0 Å². The maximum Gasteiger partial charge on any atom is 0.299 e. The molecule has 0 bridgehead atoms. The summed E-state index contributed by atoms with van der Waals surface area (Å²) in [5.74, 6) is 0.578. The van der Waals surface area contributed by atoms with E-state index in [2.05, 4.69) is 6.58 Å². The van der Waals surface area contributed by atoms with Crippen molar-refractivity contribution in [1.29, 1.82) is 0 Å². The molecule has 1 unspecified atom stereocenters. The summed E-state index contributed by atoms with van der Waals surface area (Å²) in [7, 11) is -3.81. The van der Waals surface area contributed by atoms with E-state index in [1.54, 1.807) is 19.1 Å². The molecule has 0 spiro atoms. The Bertz CT molecular complexity index is 533. The average molecular weight is 300 g/mol. The minimum absolute atomic E-state index is 0.108. The van der Waals surface area contributed by atoms with Gasteiger partial charge in [-0.25, -0.2) is 4.18 Å². The molecule has 5 nitrogen and oxygen atoms in total. The van der Waals surface area contributed by atoms with E-state index >= 15 is 0 Å². The molecule has 0 radical (unpaired) electrons. The monoisotopic (exact) mass is 300 g/mol. The Morgan fingerprint density at radius 2 is 1.85 bits per heavy atom. The summed E-state index contributed by atoms with van der Waals surface area (Å²) < 4.78 is 39.1. The Kier molecular flexibility index (Phi) is 6.19. The summed E-state index contributed by atoms with van der Waals surface area (Å²) >= 11 is 0. The molecular weight excluding hydrogens is 280 g/mol. The van der Waals surface area contributed by atoms with Crippen molar-refractivity contribution in [3.8, 4) is 0 Å². The van der Waals surface area contributed by atoms with E-state index in [9.17, 15) is 8.42 Å². The lowest BCUT2D eigenvalue weighted by Crippen LogP contribution is -2.20. The fraction of sp³-hybridized carbons (Fsp3) is 0.429. The standard InChI is InChI=1S/C14H20O5S/c1-11(2)17-9-10-18-13(4)19-20(15,16)14-7-5-12(3)6-8-14/h5-8,13H,1,9-10H2,2-4H3. The lowest BCUT2D eigenvalue weighted by molar-refractivity contribution is -0.0749. The molecule has 0 fully saturated rings. The molecule has 6 heteroatoms. The van der Waals surface area contributed by atoms with Gasteiger partial charge in [0.1, 0.15) is 6.61 Å². The second-order valence-corrected chi connectivity index (χ2v) is 5.92. The van der Waals surface area contributed by atoms with E-state index in [1.807, 2.05) is 6.92 Å². The van der Waals surface area contributed by atoms with Gasteiger partial charge >= 0.3 is 0 Å². The Labute approximate surface area is 120 Å². The largest absolute Gasteiger partial charge is 0.496 e. The van der Waals surface area contributed by atoms with Crippen LogP contribution in [0.1, 0.15) is 19.4 Å². The van der Waals surface area contributed by atoms with Crippen molar-refractivity contribution < 1.29 is 22.1 Å². The highest BCUT2D eigenvalue weighted by Crippen LogP contribution is 2.15. The summed E-state index contributed by atoms with van der Waals surface area (Å²) in [6.45, 7) is 9.22. The van der Waals surface area contributed by atoms with E-state index in [-0.39, 0.29) is 11.5 Å². The summed E-state index contributed by atoms with van der Waals surface area (Å²) in [6.07, 6.45) is -0.880. The van der Waals surface area contributed by atoms with Crippen molar-refractivity contribution >= 4 is 10.1 Å². The molecule has 0 aromatic heterocycles. The molecule has 0 aliphatic rings. The third-order valence-corrected chi connectivity index (χ3v) is 3.73. The first-order chi connectivity index (χ1) is 9.31. The molecular formula is C14H20O5S. The predicted molar refractivity (Wildman–Crippen MR) is 75.6 cm³/mol. The lowest BCUT2D eigenvalue weighted by Gasteiger charge is -2.14. The first-order valence-corrected chi connectivity index (χ1v) is 7.62. The summed E-state index contributed by atoms with van der Waals surface area (Å²) in [5.41, 5.74) is 0.977. The molecule has 1 atom stereocenters. The number of hydrogen-bond acceptors (Lipinski definition) is 5. The van der Waals surface area contributed by atoms with Crippen molar-refractivity contribution in [3.05, 3.63) is 42.2 Å². The zero-order valence-corrected chi connectivity index (χ0v) is 12.8. The number of rotatable bonds is 8. The Hall–Kier alpha value is -1.37. The number of hydrogen-bond donors (Lipinski definition) is 0. The molecule has 0 amide bonds. The Morgan fingerprint density at radius 1 is 1.25 bits per heavy atom. The van der Waals surface area contributed by atoms with Gasteiger partial charge in [0.2, 0.25) is 0 Å². The van der Waals surface area contributed by atoms with Crippen LogP contribution < -0.4 is 0 Å². The van der Waals surface area contributed by atoms with Gasteiger partial charge in [-0.1, -0.05) is 24.3 Å². The van der Waals surface area contributed by atoms with Crippen molar-refractivity contribution in [2.45, 2.75) is 32.0 Å². The molecule has 1 aromatic carbocycles. The molecule has 0 saturated carbocycles. The molecule has 0 N–H and O–H groups in total. The topological polar surface area (TPSA) is 61.8 Å². The highest BCUT2D eigenvalue weighted by Gasteiger charge is 2.19. The number of ether oxygens (including phenoxy) is 2. The van der Waals surface area contributed by atoms with Gasteiger partial charge in [0.15, 0.2) is 6.29 Å². The van der Waals surface area contributed by atoms with Crippen LogP contribution in [0, 0.1) is 6.92 Å². The highest BCUT2D eigenvalue weighted by molar-refractivity contribution is 7.86. The summed E-state index contributed by atoms with van der Waals surface area (Å²) in [5, 5.41) is 0. The first-order valence-electron chi connectivity index (χ1n) is 6.21. The summed E-state index contributed by atoms with van der Waals surface area (Å²) in [6, 6.07) is 6.42. The van der Waals surface area contributed by atoms with Crippen LogP contribution in [0.15, 0.2) is 41.5 Å². The van der Waals surface area contributed by atoms with Crippen LogP contribution in [0.4, 0.5) is 0 Å². The molecule has 1 aromatic rings. The zero-order chi connectivity index (χ0) is 15.2. The average Bonchev–Trinajstić information content (AvgIpc) is 2.34. The smallest absolute Gasteiger partial charge is 0.299 e. The normalized spacial score (nSPS) is 12.9. The molecule has 0 aliphatic heterocycles. The summed E-state index contributed by atoms with van der Waals surface area (Å²) in [4.78, 5) is 0.108. The van der Waals surface area contributed by atoms with Crippen LogP contribution >= 0.6 is 0 Å². The van der Waals surface area contributed by atoms with E-state index in [0.29, 0.717) is 12.4 Å². The fourth-order valence-corrected chi connectivity index (χ4v) is 2.39. The van der Waals surface area contributed by atoms with E-state index in [4.69, 9.17) is 13.7 Å². The van der Waals surface area contributed by atoms with Gasteiger partial charge in [0.05, 0.1) is 17.3 Å². The molecule has 0 heterocycles. The van der Waals surface area contributed by atoms with Crippen molar-refractivity contribution in [2.24, 2.45) is 0 Å². The molecule has 1 rings (SSSR count). The fourth-order valence-electron chi connectivity index (χ4n) is 1.40. The van der Waals surface area contributed by atoms with Gasteiger partial charge in [0.25, 0.3) is 10.1 Å². The zero-order valence-electron chi connectivity index (χ0n) is 12.0. The van der Waals surface area contributed by atoms with Crippen molar-refractivity contribution in [1.82, 2.24) is 0 Å². The molecule has 20 heavy (non-hydrogen) atoms. The first kappa shape index (κ1) is 16.7. The minimum Gasteiger partial charge on any atom is -0.496 e. The van der Waals surface area contributed by atoms with Gasteiger partial charge in [-0.15, -0.1) is 0 Å². The van der Waals surface area contributed by atoms with Gasteiger partial charge in [-0.2, -0.15) is 8.42 Å². The van der Waals surface area contributed by atoms with Crippen LogP contribution in [0.25, 0.3) is 0 Å². The van der Waals surface area contributed by atoms with E-state index < -0.39 is 16.4 Å². The minimum atomic E-state index is -3.81. The van der Waals surface area contributed by atoms with Crippen molar-refractivity contribution in [2.75, 3.05) is 13.2 Å². The van der Waals surface area contributed by atoms with Gasteiger partial charge in [-0.05, 0) is 32.9 Å². The second-order valence-electron chi connectivity index (χ2n) is 4.35. The maximum atomic E-state index is 11.9. The third kappa shape index (κ3) is 5.73. The van der Waals surface area contributed by atoms with Gasteiger partial charge in [0, 0.05) is 0 Å². The van der Waals surface area contributed by atoms with Gasteiger partial charge in [-0.3, -0.25) is 0 Å². The molecule has 112 valence electrons. The number of aryl methyl sites for hydroxylation is 1. The van der Waals surface area contributed by atoms with E-state index in [1.165, 1.54) is 19.1 Å². The quantitative estimate of drug-likeness (QED) is 0.320. The third-order valence-electron chi connectivity index (χ3n) is 2.36. The highest BCUT2D eigenvalue weighted by atomic mass is 32.2. The Morgan fingerprint density at radius 3 is 2.40 bits per heavy atom. The molecule has 0 aliphatic carbocycles. The van der Waals surface area contributed by atoms with E-state index in [0.717, 1.165) is 5.56 Å². The van der Waals surface area contributed by atoms with Crippen molar-refractivity contribution in [3.63, 3.8) is 0 Å². The SMILES string of the molecule is C=C(C)OCCOC(C)OS(=O)(=O)c1ccc(C)cc1. The molecule has 0 saturated heterocycles. The van der Waals surface area contributed by atoms with Crippen LogP contribution in [-0.2, 0) is 23.8 Å². The lowest BCUT2D eigenvalue weighted by atomic mass is 10.2. The maximum absolute atomic E-state index is 11.9. The van der Waals surface area contributed by atoms with Gasteiger partial charge < -0.3 is 9.47 Å². The number of allylic oxidation sites excluding steroid dienone is 1. The second kappa shape index (κ2) is 7.42. The number of benzene rings is 1. The van der Waals surface area contributed by atoms with Crippen LogP contribution in [0.2, 0.25) is 0 Å². The van der Waals surface area contributed by atoms with Crippen LogP contribution in [-0.4, -0.2) is 27.9 Å². The Balaban J connectivity index is 2.49. The predicted octanol–water partition coefficient (Wildman–Crippen LogP) is 2.61. The van der Waals surface area contributed by atoms with Crippen LogP contribution in [0.5, 0.6) is 0 Å².